The SMILES string of the molecule is O=C(NCc1cccc(F)c1)Nc1ccc(Oc2ccc(F)cc2)nc1. The lowest BCUT2D eigenvalue weighted by molar-refractivity contribution is 0.251. The molecule has 26 heavy (non-hydrogen) atoms. The number of anilines is 1. The first kappa shape index (κ1) is 17.3. The fourth-order valence-corrected chi connectivity index (χ4v) is 2.14. The van der Waals surface area contributed by atoms with Crippen molar-refractivity contribution in [2.75, 3.05) is 5.32 Å². The highest BCUT2D eigenvalue weighted by Gasteiger charge is 2.04. The molecule has 0 saturated heterocycles. The molecule has 0 unspecified atom stereocenters. The van der Waals surface area contributed by atoms with Crippen LogP contribution in [0.25, 0.3) is 0 Å². The van der Waals surface area contributed by atoms with Gasteiger partial charge < -0.3 is 15.4 Å². The summed E-state index contributed by atoms with van der Waals surface area (Å²) in [6.07, 6.45) is 1.43. The van der Waals surface area contributed by atoms with E-state index in [2.05, 4.69) is 15.6 Å². The van der Waals surface area contributed by atoms with Crippen LogP contribution >= 0.6 is 0 Å². The quantitative estimate of drug-likeness (QED) is 0.710. The Morgan fingerprint density at radius 3 is 2.50 bits per heavy atom. The monoisotopic (exact) mass is 355 g/mol. The third-order valence-corrected chi connectivity index (χ3v) is 3.37. The predicted molar refractivity (Wildman–Crippen MR) is 93.0 cm³/mol. The molecule has 0 aliphatic rings. The van der Waals surface area contributed by atoms with E-state index in [4.69, 9.17) is 4.74 Å². The van der Waals surface area contributed by atoms with E-state index in [1.54, 1.807) is 24.3 Å². The van der Waals surface area contributed by atoms with Crippen LogP contribution in [0, 0.1) is 11.6 Å². The van der Waals surface area contributed by atoms with E-state index in [0.29, 0.717) is 22.9 Å². The second-order valence-corrected chi connectivity index (χ2v) is 5.38. The molecule has 0 bridgehead atoms. The second-order valence-electron chi connectivity index (χ2n) is 5.38. The van der Waals surface area contributed by atoms with Gasteiger partial charge in [-0.2, -0.15) is 0 Å². The molecule has 5 nitrogen and oxygen atoms in total. The van der Waals surface area contributed by atoms with E-state index in [-0.39, 0.29) is 18.2 Å². The zero-order chi connectivity index (χ0) is 18.4. The van der Waals surface area contributed by atoms with Crippen molar-refractivity contribution in [1.82, 2.24) is 10.3 Å². The van der Waals surface area contributed by atoms with Gasteiger partial charge in [0.2, 0.25) is 5.88 Å². The van der Waals surface area contributed by atoms with Crippen LogP contribution in [0.5, 0.6) is 11.6 Å². The van der Waals surface area contributed by atoms with E-state index in [9.17, 15) is 13.6 Å². The molecule has 3 rings (SSSR count). The standard InChI is InChI=1S/C19H15F2N3O2/c20-14-4-7-17(8-5-14)26-18-9-6-16(12-22-18)24-19(25)23-11-13-2-1-3-15(21)10-13/h1-10,12H,11H2,(H2,23,24,25). The number of nitrogens with zero attached hydrogens (tertiary/aromatic N) is 1. The molecule has 7 heteroatoms. The van der Waals surface area contributed by atoms with Crippen molar-refractivity contribution in [2.24, 2.45) is 0 Å². The topological polar surface area (TPSA) is 63.2 Å². The molecular weight excluding hydrogens is 340 g/mol. The molecule has 0 saturated carbocycles. The lowest BCUT2D eigenvalue weighted by atomic mass is 10.2. The Kier molecular flexibility index (Phi) is 5.38. The number of amides is 2. The summed E-state index contributed by atoms with van der Waals surface area (Å²) in [5.74, 6) is 0.0505. The Bertz CT molecular complexity index is 884. The maximum atomic E-state index is 13.1. The van der Waals surface area contributed by atoms with Crippen LogP contribution in [-0.4, -0.2) is 11.0 Å². The summed E-state index contributed by atoms with van der Waals surface area (Å²) in [5.41, 5.74) is 1.12. The Hall–Kier alpha value is -3.48. The molecule has 3 aromatic rings. The lowest BCUT2D eigenvalue weighted by Gasteiger charge is -2.09. The summed E-state index contributed by atoms with van der Waals surface area (Å²) < 4.78 is 31.4. The van der Waals surface area contributed by atoms with Crippen LogP contribution in [0.4, 0.5) is 19.3 Å². The van der Waals surface area contributed by atoms with Crippen LogP contribution in [0.15, 0.2) is 66.9 Å². The summed E-state index contributed by atoms with van der Waals surface area (Å²) in [4.78, 5) is 15.9. The Morgan fingerprint density at radius 1 is 1.00 bits per heavy atom. The van der Waals surface area contributed by atoms with Gasteiger partial charge in [-0.25, -0.2) is 18.6 Å². The molecule has 0 radical (unpaired) electrons. The van der Waals surface area contributed by atoms with Gasteiger partial charge in [-0.15, -0.1) is 0 Å². The first-order valence-corrected chi connectivity index (χ1v) is 7.77. The highest BCUT2D eigenvalue weighted by molar-refractivity contribution is 5.88. The number of hydrogen-bond acceptors (Lipinski definition) is 3. The number of pyridine rings is 1. The fourth-order valence-electron chi connectivity index (χ4n) is 2.14. The zero-order valence-corrected chi connectivity index (χ0v) is 13.6. The van der Waals surface area contributed by atoms with Crippen molar-refractivity contribution >= 4 is 11.7 Å². The normalized spacial score (nSPS) is 10.2. The Morgan fingerprint density at radius 2 is 1.81 bits per heavy atom. The second kappa shape index (κ2) is 8.06. The fraction of sp³-hybridized carbons (Fsp3) is 0.0526. The van der Waals surface area contributed by atoms with Crippen LogP contribution in [0.3, 0.4) is 0 Å². The number of benzene rings is 2. The number of carbonyl (C=O) groups excluding carboxylic acids is 1. The zero-order valence-electron chi connectivity index (χ0n) is 13.6. The smallest absolute Gasteiger partial charge is 0.319 e. The van der Waals surface area contributed by atoms with Gasteiger partial charge in [0.15, 0.2) is 0 Å². The van der Waals surface area contributed by atoms with Gasteiger partial charge in [0, 0.05) is 12.6 Å². The van der Waals surface area contributed by atoms with E-state index in [1.165, 1.54) is 42.6 Å². The molecule has 132 valence electrons. The largest absolute Gasteiger partial charge is 0.439 e. The van der Waals surface area contributed by atoms with Crippen molar-refractivity contribution in [3.8, 4) is 11.6 Å². The van der Waals surface area contributed by atoms with E-state index in [0.717, 1.165) is 0 Å². The maximum Gasteiger partial charge on any atom is 0.319 e. The molecular formula is C19H15F2N3O2. The number of ether oxygens (including phenoxy) is 1. The Balaban J connectivity index is 1.51. The van der Waals surface area contributed by atoms with Gasteiger partial charge in [-0.1, -0.05) is 12.1 Å². The number of halogens is 2. The molecule has 2 N–H and O–H groups in total. The summed E-state index contributed by atoms with van der Waals surface area (Å²) in [7, 11) is 0. The number of rotatable bonds is 5. The third-order valence-electron chi connectivity index (χ3n) is 3.37. The van der Waals surface area contributed by atoms with E-state index < -0.39 is 6.03 Å². The van der Waals surface area contributed by atoms with Gasteiger partial charge in [0.1, 0.15) is 17.4 Å². The predicted octanol–water partition coefficient (Wildman–Crippen LogP) is 4.47. The van der Waals surface area contributed by atoms with Gasteiger partial charge in [0.25, 0.3) is 0 Å². The van der Waals surface area contributed by atoms with Gasteiger partial charge in [-0.05, 0) is 48.0 Å². The first-order valence-electron chi connectivity index (χ1n) is 7.77. The minimum atomic E-state index is -0.441. The summed E-state index contributed by atoms with van der Waals surface area (Å²) in [6.45, 7) is 0.197. The highest BCUT2D eigenvalue weighted by atomic mass is 19.1. The Labute approximate surface area is 148 Å². The van der Waals surface area contributed by atoms with Crippen LogP contribution < -0.4 is 15.4 Å². The average Bonchev–Trinajstić information content (AvgIpc) is 2.64. The summed E-state index contributed by atoms with van der Waals surface area (Å²) in [5, 5.41) is 5.24. The molecule has 0 fully saturated rings. The van der Waals surface area contributed by atoms with Crippen LogP contribution in [0.2, 0.25) is 0 Å². The van der Waals surface area contributed by atoms with Crippen molar-refractivity contribution in [3.63, 3.8) is 0 Å². The molecule has 0 aliphatic carbocycles. The van der Waals surface area contributed by atoms with E-state index >= 15 is 0 Å². The van der Waals surface area contributed by atoms with Gasteiger partial charge in [0.05, 0.1) is 11.9 Å². The van der Waals surface area contributed by atoms with Gasteiger partial charge in [-0.3, -0.25) is 0 Å². The number of nitrogens with one attached hydrogen (secondary N) is 2. The molecule has 0 aliphatic heterocycles. The van der Waals surface area contributed by atoms with Crippen molar-refractivity contribution < 1.29 is 18.3 Å². The first-order chi connectivity index (χ1) is 12.6. The third kappa shape index (κ3) is 5.01. The lowest BCUT2D eigenvalue weighted by Crippen LogP contribution is -2.28. The molecule has 1 heterocycles. The molecule has 0 spiro atoms. The highest BCUT2D eigenvalue weighted by Crippen LogP contribution is 2.20. The summed E-state index contributed by atoms with van der Waals surface area (Å²) >= 11 is 0. The molecule has 1 aromatic heterocycles. The number of carbonyl (C=O) groups is 1. The van der Waals surface area contributed by atoms with Crippen molar-refractivity contribution in [2.45, 2.75) is 6.54 Å². The van der Waals surface area contributed by atoms with Crippen molar-refractivity contribution in [1.29, 1.82) is 0 Å². The number of hydrogen-bond donors (Lipinski definition) is 2. The number of aromatic nitrogens is 1. The van der Waals surface area contributed by atoms with E-state index in [1.807, 2.05) is 0 Å². The average molecular weight is 355 g/mol. The maximum absolute atomic E-state index is 13.1. The molecule has 2 amide bonds. The molecule has 0 atom stereocenters. The minimum Gasteiger partial charge on any atom is -0.439 e. The molecule has 2 aromatic carbocycles. The van der Waals surface area contributed by atoms with Crippen LogP contribution in [0.1, 0.15) is 5.56 Å². The van der Waals surface area contributed by atoms with Gasteiger partial charge >= 0.3 is 6.03 Å². The van der Waals surface area contributed by atoms with Crippen molar-refractivity contribution in [3.05, 3.63) is 84.1 Å². The summed E-state index contributed by atoms with van der Waals surface area (Å²) in [6, 6.07) is 14.3. The minimum absolute atomic E-state index is 0.197. The number of urea groups is 1. The van der Waals surface area contributed by atoms with Crippen LogP contribution in [-0.2, 0) is 6.54 Å².